The van der Waals surface area contributed by atoms with Gasteiger partial charge in [-0.05, 0) is 57.3 Å². The standard InChI is InChI=1S/C45H83N7O9/c1-10-11-12-13-14-15-16-17-18-19-20-21-38(56)51-45(8,9)44(61)52-27-33(54)26-36(52)42(59)49-35(25-30(4)5)41(58)50-39(31(6)7)43(60)48-34(22-23-37(46)55)40(57)47-32(28-53)24-29(2)3/h29-36,39,53-54H,10-28H2,1-9H3,(H2,46,55)(H,47,57)(H,48,60)(H,49,59)(H,50,58)(H,51,56)/t32-,33-,34-,35-,36-,39-/m0/s1. The second-order valence-corrected chi connectivity index (χ2v) is 18.8. The van der Waals surface area contributed by atoms with Crippen molar-refractivity contribution in [2.75, 3.05) is 13.2 Å². The first-order valence-electron chi connectivity index (χ1n) is 23.0. The summed E-state index contributed by atoms with van der Waals surface area (Å²) in [6.45, 7) is 15.9. The summed E-state index contributed by atoms with van der Waals surface area (Å²) in [6, 6.07) is -5.19. The zero-order chi connectivity index (χ0) is 46.3. The molecule has 1 heterocycles. The van der Waals surface area contributed by atoms with Crippen molar-refractivity contribution in [2.45, 2.75) is 213 Å². The minimum absolute atomic E-state index is 0.0730. The Morgan fingerprint density at radius 1 is 0.705 bits per heavy atom. The molecular formula is C45H83N7O9. The SMILES string of the molecule is CCCCCCCCCCCCCC(=O)NC(C)(C)C(=O)N1C[C@@H](O)C[C@H]1C(=O)N[C@@H](CC(C)C)C(=O)N[C@H](C(=O)N[C@@H](CCC(N)=O)C(=O)N[C@H](CO)CC(C)C)C(C)C. The summed E-state index contributed by atoms with van der Waals surface area (Å²) in [6.07, 6.45) is 12.2. The van der Waals surface area contributed by atoms with Crippen LogP contribution >= 0.6 is 0 Å². The molecule has 16 heteroatoms. The number of unbranched alkanes of at least 4 members (excludes halogenated alkanes) is 10. The zero-order valence-corrected chi connectivity index (χ0v) is 38.9. The fourth-order valence-corrected chi connectivity index (χ4v) is 7.69. The molecule has 16 nitrogen and oxygen atoms in total. The molecule has 1 aliphatic heterocycles. The van der Waals surface area contributed by atoms with E-state index >= 15 is 0 Å². The first kappa shape index (κ1) is 55.2. The molecule has 0 aromatic carbocycles. The molecule has 0 aromatic rings. The van der Waals surface area contributed by atoms with E-state index in [9.17, 15) is 43.8 Å². The maximum Gasteiger partial charge on any atom is 0.248 e. The van der Waals surface area contributed by atoms with E-state index in [1.807, 2.05) is 27.7 Å². The van der Waals surface area contributed by atoms with Crippen molar-refractivity contribution in [3.8, 4) is 0 Å². The third-order valence-electron chi connectivity index (χ3n) is 11.1. The van der Waals surface area contributed by atoms with Gasteiger partial charge < -0.3 is 47.4 Å². The van der Waals surface area contributed by atoms with Gasteiger partial charge >= 0.3 is 0 Å². The van der Waals surface area contributed by atoms with Crippen molar-refractivity contribution in [1.82, 2.24) is 31.5 Å². The van der Waals surface area contributed by atoms with Crippen LogP contribution in [0, 0.1) is 17.8 Å². The fourth-order valence-electron chi connectivity index (χ4n) is 7.69. The van der Waals surface area contributed by atoms with E-state index in [0.29, 0.717) is 12.8 Å². The maximum absolute atomic E-state index is 13.9. The molecule has 7 amide bonds. The van der Waals surface area contributed by atoms with Gasteiger partial charge in [0.2, 0.25) is 41.4 Å². The Bertz CT molecular complexity index is 1390. The molecule has 0 saturated carbocycles. The zero-order valence-electron chi connectivity index (χ0n) is 38.9. The number of rotatable bonds is 31. The van der Waals surface area contributed by atoms with Crippen molar-refractivity contribution in [1.29, 1.82) is 0 Å². The van der Waals surface area contributed by atoms with Gasteiger partial charge in [-0.1, -0.05) is 113 Å². The third kappa shape index (κ3) is 21.7. The highest BCUT2D eigenvalue weighted by Gasteiger charge is 2.45. The summed E-state index contributed by atoms with van der Waals surface area (Å²) < 4.78 is 0. The van der Waals surface area contributed by atoms with Crippen molar-refractivity contribution in [3.63, 3.8) is 0 Å². The van der Waals surface area contributed by atoms with E-state index < -0.39 is 83.2 Å². The Labute approximate surface area is 365 Å². The number of hydrogen-bond donors (Lipinski definition) is 8. The number of primary amides is 1. The molecule has 6 atom stereocenters. The first-order chi connectivity index (χ1) is 28.6. The van der Waals surface area contributed by atoms with Crippen LogP contribution < -0.4 is 32.3 Å². The van der Waals surface area contributed by atoms with Crippen LogP contribution in [0.25, 0.3) is 0 Å². The smallest absolute Gasteiger partial charge is 0.248 e. The van der Waals surface area contributed by atoms with Crippen molar-refractivity contribution in [3.05, 3.63) is 0 Å². The Balaban J connectivity index is 2.99. The third-order valence-corrected chi connectivity index (χ3v) is 11.1. The lowest BCUT2D eigenvalue weighted by Crippen LogP contribution is -2.61. The molecule has 61 heavy (non-hydrogen) atoms. The highest BCUT2D eigenvalue weighted by Crippen LogP contribution is 2.23. The molecule has 1 rings (SSSR count). The second-order valence-electron chi connectivity index (χ2n) is 18.8. The first-order valence-corrected chi connectivity index (χ1v) is 23.0. The van der Waals surface area contributed by atoms with Crippen LogP contribution in [-0.4, -0.2) is 111 Å². The van der Waals surface area contributed by atoms with E-state index in [1.165, 1.54) is 49.8 Å². The Morgan fingerprint density at radius 2 is 1.25 bits per heavy atom. The van der Waals surface area contributed by atoms with Crippen molar-refractivity contribution >= 4 is 41.4 Å². The second kappa shape index (κ2) is 28.7. The number of carbonyl (C=O) groups is 7. The lowest BCUT2D eigenvalue weighted by atomic mass is 9.98. The van der Waals surface area contributed by atoms with E-state index in [4.69, 9.17) is 5.73 Å². The minimum atomic E-state index is -1.37. The molecule has 1 fully saturated rings. The van der Waals surface area contributed by atoms with Crippen molar-refractivity contribution < 1.29 is 43.8 Å². The summed E-state index contributed by atoms with van der Waals surface area (Å²) >= 11 is 0. The van der Waals surface area contributed by atoms with Gasteiger partial charge in [0.15, 0.2) is 0 Å². The topological polar surface area (TPSA) is 249 Å². The molecule has 0 spiro atoms. The van der Waals surface area contributed by atoms with Gasteiger partial charge in [-0.3, -0.25) is 33.6 Å². The number of carbonyl (C=O) groups excluding carboxylic acids is 7. The van der Waals surface area contributed by atoms with E-state index in [1.54, 1.807) is 27.7 Å². The lowest BCUT2D eigenvalue weighted by molar-refractivity contribution is -0.145. The molecule has 1 saturated heterocycles. The minimum Gasteiger partial charge on any atom is -0.394 e. The van der Waals surface area contributed by atoms with Crippen LogP contribution in [0.3, 0.4) is 0 Å². The Hall–Kier alpha value is -3.79. The van der Waals surface area contributed by atoms with Gasteiger partial charge in [-0.15, -0.1) is 0 Å². The largest absolute Gasteiger partial charge is 0.394 e. The molecule has 0 bridgehead atoms. The predicted molar refractivity (Wildman–Crippen MR) is 236 cm³/mol. The van der Waals surface area contributed by atoms with Gasteiger partial charge in [-0.2, -0.15) is 0 Å². The van der Waals surface area contributed by atoms with Crippen molar-refractivity contribution in [2.24, 2.45) is 23.5 Å². The molecule has 0 unspecified atom stereocenters. The number of amides is 7. The Morgan fingerprint density at radius 3 is 1.75 bits per heavy atom. The number of likely N-dealkylation sites (tertiary alicyclic amines) is 1. The van der Waals surface area contributed by atoms with Crippen LogP contribution in [0.15, 0.2) is 0 Å². The molecule has 1 aliphatic rings. The van der Waals surface area contributed by atoms with Gasteiger partial charge in [-0.25, -0.2) is 0 Å². The fraction of sp³-hybridized carbons (Fsp3) is 0.844. The summed E-state index contributed by atoms with van der Waals surface area (Å²) in [5, 5.41) is 34.1. The molecule has 0 aromatic heterocycles. The number of nitrogens with one attached hydrogen (secondary N) is 5. The number of nitrogens with zero attached hydrogens (tertiary/aromatic N) is 1. The van der Waals surface area contributed by atoms with E-state index in [2.05, 4.69) is 33.5 Å². The average molecular weight is 866 g/mol. The number of aliphatic hydroxyl groups excluding tert-OH is 2. The molecule has 352 valence electrons. The highest BCUT2D eigenvalue weighted by atomic mass is 16.3. The molecule has 0 radical (unpaired) electrons. The Kier molecular flexibility index (Phi) is 26.0. The summed E-state index contributed by atoms with van der Waals surface area (Å²) in [7, 11) is 0. The van der Waals surface area contributed by atoms with E-state index in [-0.39, 0.29) is 63.0 Å². The molecular weight excluding hydrogens is 783 g/mol. The van der Waals surface area contributed by atoms with Gasteiger partial charge in [0.05, 0.1) is 18.8 Å². The van der Waals surface area contributed by atoms with Crippen LogP contribution in [0.4, 0.5) is 0 Å². The van der Waals surface area contributed by atoms with Gasteiger partial charge in [0.25, 0.3) is 0 Å². The summed E-state index contributed by atoms with van der Waals surface area (Å²) in [5.41, 5.74) is 3.98. The molecule has 0 aliphatic carbocycles. The van der Waals surface area contributed by atoms with Gasteiger partial charge in [0, 0.05) is 25.8 Å². The quantitative estimate of drug-likeness (QED) is 0.0475. The number of β-amino-alcohol motifs (C(OH)–C–C–N with tert-alkyl or cyclic N) is 1. The maximum atomic E-state index is 13.9. The molecule has 9 N–H and O–H groups in total. The van der Waals surface area contributed by atoms with E-state index in [0.717, 1.165) is 19.3 Å². The summed E-state index contributed by atoms with van der Waals surface area (Å²) in [5.74, 6) is -4.53. The number of nitrogens with two attached hydrogens (primary N) is 1. The highest BCUT2D eigenvalue weighted by molar-refractivity contribution is 5.97. The predicted octanol–water partition coefficient (Wildman–Crippen LogP) is 3.49. The monoisotopic (exact) mass is 866 g/mol. The summed E-state index contributed by atoms with van der Waals surface area (Å²) in [4.78, 5) is 94.5. The number of aliphatic hydroxyl groups is 2. The average Bonchev–Trinajstić information content (AvgIpc) is 3.56. The number of hydrogen-bond acceptors (Lipinski definition) is 9. The lowest BCUT2D eigenvalue weighted by Gasteiger charge is -2.34. The van der Waals surface area contributed by atoms with Crippen LogP contribution in [0.5, 0.6) is 0 Å². The van der Waals surface area contributed by atoms with Crippen LogP contribution in [0.2, 0.25) is 0 Å². The van der Waals surface area contributed by atoms with Crippen LogP contribution in [-0.2, 0) is 33.6 Å². The van der Waals surface area contributed by atoms with Gasteiger partial charge in [0.1, 0.15) is 29.7 Å². The van der Waals surface area contributed by atoms with Crippen LogP contribution in [0.1, 0.15) is 171 Å². The normalized spacial score (nSPS) is 17.4.